The van der Waals surface area contributed by atoms with Crippen LogP contribution in [0.4, 0.5) is 17.1 Å². The van der Waals surface area contributed by atoms with Gasteiger partial charge in [-0.25, -0.2) is 0 Å². The van der Waals surface area contributed by atoms with Crippen molar-refractivity contribution in [3.8, 4) is 22.3 Å². The largest absolute Gasteiger partial charge is 0.456 e. The van der Waals surface area contributed by atoms with Crippen molar-refractivity contribution in [3.63, 3.8) is 0 Å². The third-order valence-corrected chi connectivity index (χ3v) is 10.7. The van der Waals surface area contributed by atoms with E-state index in [4.69, 9.17) is 8.83 Å². The first-order valence-corrected chi connectivity index (χ1v) is 18.0. The van der Waals surface area contributed by atoms with Gasteiger partial charge < -0.3 is 13.7 Å². The van der Waals surface area contributed by atoms with Crippen molar-refractivity contribution < 1.29 is 8.83 Å². The quantitative estimate of drug-likeness (QED) is 0.170. The van der Waals surface area contributed by atoms with Gasteiger partial charge in [0.25, 0.3) is 0 Å². The van der Waals surface area contributed by atoms with Crippen LogP contribution < -0.4 is 4.90 Å². The number of nitrogens with zero attached hydrogens (tertiary/aromatic N) is 1. The van der Waals surface area contributed by atoms with Gasteiger partial charge in [-0.3, -0.25) is 0 Å². The normalized spacial score (nSPS) is 11.8. The maximum Gasteiger partial charge on any atom is 0.160 e. The van der Waals surface area contributed by atoms with Crippen LogP contribution in [0.3, 0.4) is 0 Å². The standard InChI is InChI=1S/C50H31NO2/c1-2-10-33(11-3-1)40-28-29-45(50-49(40)43-15-7-9-17-47(43)53-50)51(38-26-22-35-19-18-34-12-4-5-13-39(34)44(35)31-38)37-24-20-32(21-25-37)36-23-27-42-41-14-6-8-16-46(41)52-48(42)30-36/h1-31H. The molecule has 11 aromatic rings. The average molecular weight is 678 g/mol. The molecule has 0 saturated heterocycles. The summed E-state index contributed by atoms with van der Waals surface area (Å²) in [5.41, 5.74) is 11.1. The lowest BCUT2D eigenvalue weighted by Gasteiger charge is -2.27. The number of fused-ring (bicyclic) bond motifs is 9. The van der Waals surface area contributed by atoms with Gasteiger partial charge in [0.2, 0.25) is 0 Å². The molecule has 9 aromatic carbocycles. The summed E-state index contributed by atoms with van der Waals surface area (Å²) in [6, 6.07) is 66.8. The first-order valence-electron chi connectivity index (χ1n) is 18.0. The first kappa shape index (κ1) is 29.6. The van der Waals surface area contributed by atoms with E-state index < -0.39 is 0 Å². The van der Waals surface area contributed by atoms with Gasteiger partial charge >= 0.3 is 0 Å². The Hall–Kier alpha value is -7.10. The zero-order chi connectivity index (χ0) is 34.9. The molecular formula is C50H31NO2. The fourth-order valence-corrected chi connectivity index (χ4v) is 8.11. The van der Waals surface area contributed by atoms with Crippen LogP contribution in [0.1, 0.15) is 0 Å². The van der Waals surface area contributed by atoms with Crippen LogP contribution in [0.2, 0.25) is 0 Å². The van der Waals surface area contributed by atoms with E-state index in [0.717, 1.165) is 83.2 Å². The van der Waals surface area contributed by atoms with E-state index in [1.807, 2.05) is 18.2 Å². The van der Waals surface area contributed by atoms with Crippen molar-refractivity contribution in [3.05, 3.63) is 188 Å². The molecule has 53 heavy (non-hydrogen) atoms. The maximum absolute atomic E-state index is 6.83. The molecule has 0 amide bonds. The number of para-hydroxylation sites is 2. The number of furan rings is 2. The Morgan fingerprint density at radius 2 is 0.962 bits per heavy atom. The molecule has 0 saturated carbocycles. The molecule has 0 unspecified atom stereocenters. The van der Waals surface area contributed by atoms with Gasteiger partial charge in [-0.2, -0.15) is 0 Å². The Morgan fingerprint density at radius 1 is 0.340 bits per heavy atom. The fourth-order valence-electron chi connectivity index (χ4n) is 8.11. The molecule has 2 heterocycles. The van der Waals surface area contributed by atoms with Gasteiger partial charge in [0.1, 0.15) is 16.7 Å². The van der Waals surface area contributed by atoms with Crippen molar-refractivity contribution in [2.24, 2.45) is 0 Å². The number of hydrogen-bond acceptors (Lipinski definition) is 3. The number of hydrogen-bond donors (Lipinski definition) is 0. The summed E-state index contributed by atoms with van der Waals surface area (Å²) in [7, 11) is 0. The van der Waals surface area contributed by atoms with E-state index in [9.17, 15) is 0 Å². The number of anilines is 3. The Balaban J connectivity index is 1.12. The minimum absolute atomic E-state index is 0.852. The van der Waals surface area contributed by atoms with Crippen molar-refractivity contribution in [2.75, 3.05) is 4.90 Å². The third kappa shape index (κ3) is 4.75. The molecule has 0 radical (unpaired) electrons. The second-order valence-electron chi connectivity index (χ2n) is 13.7. The Labute approximate surface area is 305 Å². The predicted octanol–water partition coefficient (Wildman–Crippen LogP) is 14.6. The second kappa shape index (κ2) is 11.7. The lowest BCUT2D eigenvalue weighted by molar-refractivity contribution is 0.668. The van der Waals surface area contributed by atoms with Crippen LogP contribution in [0.5, 0.6) is 0 Å². The summed E-state index contributed by atoms with van der Waals surface area (Å²) < 4.78 is 13.1. The zero-order valence-corrected chi connectivity index (χ0v) is 28.7. The van der Waals surface area contributed by atoms with Crippen LogP contribution in [0.15, 0.2) is 197 Å². The SMILES string of the molecule is c1ccc(-c2ccc(N(c3ccc(-c4ccc5c(c4)oc4ccccc45)cc3)c3ccc4ccc5ccccc5c4c3)c3oc4ccccc4c23)cc1. The molecule has 0 aliphatic carbocycles. The van der Waals surface area contributed by atoms with E-state index in [-0.39, 0.29) is 0 Å². The average Bonchev–Trinajstić information content (AvgIpc) is 3.80. The Morgan fingerprint density at radius 3 is 1.79 bits per heavy atom. The highest BCUT2D eigenvalue weighted by molar-refractivity contribution is 6.17. The van der Waals surface area contributed by atoms with Gasteiger partial charge in [-0.1, -0.05) is 133 Å². The summed E-state index contributed by atoms with van der Waals surface area (Å²) in [6.07, 6.45) is 0. The molecule has 0 aliphatic heterocycles. The lowest BCUT2D eigenvalue weighted by atomic mass is 9.97. The lowest BCUT2D eigenvalue weighted by Crippen LogP contribution is -2.10. The number of benzene rings is 9. The summed E-state index contributed by atoms with van der Waals surface area (Å²) in [5, 5.41) is 9.35. The molecule has 0 aliphatic rings. The van der Waals surface area contributed by atoms with Crippen LogP contribution in [-0.4, -0.2) is 0 Å². The van der Waals surface area contributed by atoms with Crippen molar-refractivity contribution in [2.45, 2.75) is 0 Å². The first-order chi connectivity index (χ1) is 26.3. The molecule has 11 rings (SSSR count). The maximum atomic E-state index is 6.83. The molecule has 248 valence electrons. The predicted molar refractivity (Wildman–Crippen MR) is 222 cm³/mol. The Kier molecular flexibility index (Phi) is 6.55. The summed E-state index contributed by atoms with van der Waals surface area (Å²) in [4.78, 5) is 2.34. The molecule has 0 bridgehead atoms. The minimum atomic E-state index is 0.852. The second-order valence-corrected chi connectivity index (χ2v) is 13.7. The van der Waals surface area contributed by atoms with Gasteiger partial charge in [0, 0.05) is 32.9 Å². The van der Waals surface area contributed by atoms with E-state index in [1.165, 1.54) is 21.5 Å². The van der Waals surface area contributed by atoms with Crippen molar-refractivity contribution >= 4 is 82.5 Å². The summed E-state index contributed by atoms with van der Waals surface area (Å²) >= 11 is 0. The van der Waals surface area contributed by atoms with E-state index in [2.05, 4.69) is 175 Å². The van der Waals surface area contributed by atoms with Gasteiger partial charge in [-0.15, -0.1) is 0 Å². The van der Waals surface area contributed by atoms with Crippen LogP contribution in [-0.2, 0) is 0 Å². The molecule has 0 spiro atoms. The monoisotopic (exact) mass is 677 g/mol. The summed E-state index contributed by atoms with van der Waals surface area (Å²) in [6.45, 7) is 0. The van der Waals surface area contributed by atoms with E-state index >= 15 is 0 Å². The van der Waals surface area contributed by atoms with Crippen LogP contribution in [0, 0.1) is 0 Å². The molecule has 0 N–H and O–H groups in total. The highest BCUT2D eigenvalue weighted by atomic mass is 16.3. The minimum Gasteiger partial charge on any atom is -0.456 e. The molecule has 0 fully saturated rings. The van der Waals surface area contributed by atoms with Gasteiger partial charge in [0.05, 0.1) is 5.69 Å². The Bertz CT molecular complexity index is 3170. The molecule has 3 nitrogen and oxygen atoms in total. The van der Waals surface area contributed by atoms with Gasteiger partial charge in [0.15, 0.2) is 5.58 Å². The van der Waals surface area contributed by atoms with Crippen molar-refractivity contribution in [1.82, 2.24) is 0 Å². The van der Waals surface area contributed by atoms with Crippen molar-refractivity contribution in [1.29, 1.82) is 0 Å². The highest BCUT2D eigenvalue weighted by Crippen LogP contribution is 2.47. The highest BCUT2D eigenvalue weighted by Gasteiger charge is 2.23. The molecule has 0 atom stereocenters. The van der Waals surface area contributed by atoms with Crippen LogP contribution >= 0.6 is 0 Å². The van der Waals surface area contributed by atoms with Gasteiger partial charge in [-0.05, 0) is 98.4 Å². The topological polar surface area (TPSA) is 29.5 Å². The van der Waals surface area contributed by atoms with E-state index in [0.29, 0.717) is 0 Å². The number of rotatable bonds is 5. The third-order valence-electron chi connectivity index (χ3n) is 10.7. The van der Waals surface area contributed by atoms with Crippen LogP contribution in [0.25, 0.3) is 87.7 Å². The van der Waals surface area contributed by atoms with E-state index in [1.54, 1.807) is 0 Å². The molecule has 2 aromatic heterocycles. The molecular weight excluding hydrogens is 647 g/mol. The fraction of sp³-hybridized carbons (Fsp3) is 0. The smallest absolute Gasteiger partial charge is 0.160 e. The summed E-state index contributed by atoms with van der Waals surface area (Å²) in [5.74, 6) is 0. The molecule has 3 heteroatoms. The zero-order valence-electron chi connectivity index (χ0n) is 28.7.